The fourth-order valence-electron chi connectivity index (χ4n) is 1.67. The minimum absolute atomic E-state index is 0.263. The van der Waals surface area contributed by atoms with E-state index in [1.165, 1.54) is 6.07 Å². The van der Waals surface area contributed by atoms with Crippen LogP contribution in [0.5, 0.6) is 5.88 Å². The van der Waals surface area contributed by atoms with Crippen molar-refractivity contribution in [2.45, 2.75) is 13.5 Å². The van der Waals surface area contributed by atoms with E-state index in [1.807, 2.05) is 6.92 Å². The summed E-state index contributed by atoms with van der Waals surface area (Å²) in [4.78, 5) is 4.24. The Labute approximate surface area is 125 Å². The van der Waals surface area contributed by atoms with Crippen molar-refractivity contribution in [2.75, 3.05) is 17.7 Å². The first-order valence-corrected chi connectivity index (χ1v) is 6.96. The van der Waals surface area contributed by atoms with E-state index in [0.717, 1.165) is 4.47 Å². The summed E-state index contributed by atoms with van der Waals surface area (Å²) in [6.07, 6.45) is 0. The molecule has 6 heteroatoms. The summed E-state index contributed by atoms with van der Waals surface area (Å²) in [5.41, 5.74) is 6.77. The third-order valence-electron chi connectivity index (χ3n) is 2.64. The molecule has 1 aromatic heterocycles. The van der Waals surface area contributed by atoms with Gasteiger partial charge in [-0.15, -0.1) is 0 Å². The van der Waals surface area contributed by atoms with E-state index in [2.05, 4.69) is 26.2 Å². The average molecular weight is 340 g/mol. The molecule has 0 atom stereocenters. The molecule has 2 rings (SSSR count). The van der Waals surface area contributed by atoms with Gasteiger partial charge in [-0.3, -0.25) is 0 Å². The van der Waals surface area contributed by atoms with Crippen LogP contribution in [0.1, 0.15) is 12.5 Å². The van der Waals surface area contributed by atoms with Gasteiger partial charge in [-0.1, -0.05) is 15.9 Å². The van der Waals surface area contributed by atoms with Crippen LogP contribution in [0.15, 0.2) is 34.8 Å². The molecule has 106 valence electrons. The maximum absolute atomic E-state index is 13.6. The maximum atomic E-state index is 13.6. The molecule has 0 aliphatic rings. The standard InChI is InChI=1S/C14H15BrFN3O/c1-2-20-14-12(17)5-6-13(19-14)18-8-9-7-10(15)3-4-11(9)16/h3-7H,2,8,17H2,1H3,(H,18,19). The zero-order chi connectivity index (χ0) is 14.5. The van der Waals surface area contributed by atoms with Crippen molar-refractivity contribution in [3.05, 3.63) is 46.2 Å². The smallest absolute Gasteiger partial charge is 0.239 e. The number of nitrogens with zero attached hydrogens (tertiary/aromatic N) is 1. The Balaban J connectivity index is 2.10. The van der Waals surface area contributed by atoms with Crippen LogP contribution in [-0.2, 0) is 6.54 Å². The predicted octanol–water partition coefficient (Wildman–Crippen LogP) is 3.58. The molecule has 0 aliphatic heterocycles. The van der Waals surface area contributed by atoms with Crippen LogP contribution >= 0.6 is 15.9 Å². The highest BCUT2D eigenvalue weighted by molar-refractivity contribution is 9.10. The van der Waals surface area contributed by atoms with Gasteiger partial charge in [-0.2, -0.15) is 4.98 Å². The van der Waals surface area contributed by atoms with E-state index in [-0.39, 0.29) is 5.82 Å². The number of benzene rings is 1. The van der Waals surface area contributed by atoms with Crippen molar-refractivity contribution in [3.8, 4) is 5.88 Å². The van der Waals surface area contributed by atoms with Crippen molar-refractivity contribution in [2.24, 2.45) is 0 Å². The molecule has 1 heterocycles. The summed E-state index contributed by atoms with van der Waals surface area (Å²) < 4.78 is 19.8. The number of aromatic nitrogens is 1. The molecule has 0 saturated carbocycles. The van der Waals surface area contributed by atoms with E-state index in [1.54, 1.807) is 24.3 Å². The third kappa shape index (κ3) is 3.60. The van der Waals surface area contributed by atoms with Crippen LogP contribution in [0.2, 0.25) is 0 Å². The van der Waals surface area contributed by atoms with Gasteiger partial charge in [-0.05, 0) is 37.3 Å². The lowest BCUT2D eigenvalue weighted by Crippen LogP contribution is -2.06. The van der Waals surface area contributed by atoms with Gasteiger partial charge in [0, 0.05) is 16.6 Å². The molecule has 0 saturated heterocycles. The van der Waals surface area contributed by atoms with Crippen LogP contribution in [0.3, 0.4) is 0 Å². The molecule has 3 N–H and O–H groups in total. The van der Waals surface area contributed by atoms with Crippen molar-refractivity contribution >= 4 is 27.4 Å². The number of hydrogen-bond acceptors (Lipinski definition) is 4. The number of nitrogens with one attached hydrogen (secondary N) is 1. The van der Waals surface area contributed by atoms with Crippen LogP contribution in [-0.4, -0.2) is 11.6 Å². The second-order valence-corrected chi connectivity index (χ2v) is 5.03. The van der Waals surface area contributed by atoms with Gasteiger partial charge in [-0.25, -0.2) is 4.39 Å². The van der Waals surface area contributed by atoms with Gasteiger partial charge in [0.25, 0.3) is 0 Å². The molecule has 1 aromatic carbocycles. The quantitative estimate of drug-likeness (QED) is 0.874. The first-order valence-electron chi connectivity index (χ1n) is 6.17. The van der Waals surface area contributed by atoms with E-state index < -0.39 is 0 Å². The van der Waals surface area contributed by atoms with Crippen LogP contribution < -0.4 is 15.8 Å². The first-order chi connectivity index (χ1) is 9.60. The summed E-state index contributed by atoms with van der Waals surface area (Å²) in [6, 6.07) is 8.24. The molecule has 0 bridgehead atoms. The summed E-state index contributed by atoms with van der Waals surface area (Å²) in [6.45, 7) is 2.67. The summed E-state index contributed by atoms with van der Waals surface area (Å²) in [5, 5.41) is 3.05. The number of halogens is 2. The van der Waals surface area contributed by atoms with Gasteiger partial charge in [0.2, 0.25) is 5.88 Å². The second kappa shape index (κ2) is 6.56. The van der Waals surface area contributed by atoms with Crippen molar-refractivity contribution < 1.29 is 9.13 Å². The topological polar surface area (TPSA) is 60.2 Å². The van der Waals surface area contributed by atoms with Crippen LogP contribution in [0.25, 0.3) is 0 Å². The van der Waals surface area contributed by atoms with Gasteiger partial charge < -0.3 is 15.8 Å². The number of anilines is 2. The molecule has 0 fully saturated rings. The molecule has 0 amide bonds. The lowest BCUT2D eigenvalue weighted by atomic mass is 10.2. The van der Waals surface area contributed by atoms with Gasteiger partial charge >= 0.3 is 0 Å². The fourth-order valence-corrected chi connectivity index (χ4v) is 2.08. The summed E-state index contributed by atoms with van der Waals surface area (Å²) in [7, 11) is 0. The van der Waals surface area contributed by atoms with E-state index in [9.17, 15) is 4.39 Å². The molecular formula is C14H15BrFN3O. The fraction of sp³-hybridized carbons (Fsp3) is 0.214. The van der Waals surface area contributed by atoms with Gasteiger partial charge in [0.1, 0.15) is 11.6 Å². The maximum Gasteiger partial charge on any atom is 0.239 e. The third-order valence-corrected chi connectivity index (χ3v) is 3.13. The predicted molar refractivity (Wildman–Crippen MR) is 81.2 cm³/mol. The van der Waals surface area contributed by atoms with Crippen LogP contribution in [0.4, 0.5) is 15.9 Å². The highest BCUT2D eigenvalue weighted by Gasteiger charge is 2.06. The normalized spacial score (nSPS) is 10.3. The number of rotatable bonds is 5. The Bertz CT molecular complexity index is 607. The Kier molecular flexibility index (Phi) is 4.79. The van der Waals surface area contributed by atoms with Crippen molar-refractivity contribution in [1.82, 2.24) is 4.98 Å². The first kappa shape index (κ1) is 14.6. The van der Waals surface area contributed by atoms with E-state index in [4.69, 9.17) is 10.5 Å². The number of hydrogen-bond donors (Lipinski definition) is 2. The Hall–Kier alpha value is -1.82. The minimum Gasteiger partial charge on any atom is -0.476 e. The molecule has 4 nitrogen and oxygen atoms in total. The average Bonchev–Trinajstić information content (AvgIpc) is 2.43. The largest absolute Gasteiger partial charge is 0.476 e. The molecule has 0 unspecified atom stereocenters. The molecule has 0 radical (unpaired) electrons. The Morgan fingerprint density at radius 2 is 2.15 bits per heavy atom. The molecular weight excluding hydrogens is 325 g/mol. The molecule has 20 heavy (non-hydrogen) atoms. The molecule has 0 spiro atoms. The van der Waals surface area contributed by atoms with Gasteiger partial charge in [0.05, 0.1) is 12.3 Å². The van der Waals surface area contributed by atoms with E-state index >= 15 is 0 Å². The monoisotopic (exact) mass is 339 g/mol. The van der Waals surface area contributed by atoms with Crippen molar-refractivity contribution in [1.29, 1.82) is 0 Å². The summed E-state index contributed by atoms with van der Waals surface area (Å²) >= 11 is 3.32. The number of nitrogens with two attached hydrogens (primary N) is 1. The number of pyridine rings is 1. The lowest BCUT2D eigenvalue weighted by Gasteiger charge is -2.10. The minimum atomic E-state index is -0.263. The SMILES string of the molecule is CCOc1nc(NCc2cc(Br)ccc2F)ccc1N. The molecule has 0 aliphatic carbocycles. The number of ether oxygens (including phenoxy) is 1. The zero-order valence-electron chi connectivity index (χ0n) is 11.0. The summed E-state index contributed by atoms with van der Waals surface area (Å²) in [5.74, 6) is 0.704. The lowest BCUT2D eigenvalue weighted by molar-refractivity contribution is 0.329. The van der Waals surface area contributed by atoms with Gasteiger partial charge in [0.15, 0.2) is 0 Å². The highest BCUT2D eigenvalue weighted by Crippen LogP contribution is 2.22. The van der Waals surface area contributed by atoms with Crippen molar-refractivity contribution in [3.63, 3.8) is 0 Å². The zero-order valence-corrected chi connectivity index (χ0v) is 12.6. The second-order valence-electron chi connectivity index (χ2n) is 4.11. The Morgan fingerprint density at radius 3 is 2.90 bits per heavy atom. The number of nitrogen functional groups attached to an aromatic ring is 1. The Morgan fingerprint density at radius 1 is 1.35 bits per heavy atom. The highest BCUT2D eigenvalue weighted by atomic mass is 79.9. The molecule has 2 aromatic rings. The van der Waals surface area contributed by atoms with E-state index in [0.29, 0.717) is 36.1 Å². The van der Waals surface area contributed by atoms with Crippen LogP contribution in [0, 0.1) is 5.82 Å².